The Bertz CT molecular complexity index is 515. The molecule has 22 heavy (non-hydrogen) atoms. The van der Waals surface area contributed by atoms with Crippen molar-refractivity contribution in [3.8, 4) is 0 Å². The van der Waals surface area contributed by atoms with E-state index in [1.807, 2.05) is 23.6 Å². The van der Waals surface area contributed by atoms with Gasteiger partial charge in [-0.25, -0.2) is 0 Å². The molecule has 1 aromatic heterocycles. The fourth-order valence-corrected chi connectivity index (χ4v) is 2.93. The number of aryl methyl sites for hydroxylation is 2. The number of hydrogen-bond donors (Lipinski definition) is 1. The van der Waals surface area contributed by atoms with E-state index in [1.165, 1.54) is 11.3 Å². The molecule has 2 N–H and O–H groups in total. The molecule has 2 heterocycles. The van der Waals surface area contributed by atoms with Crippen LogP contribution in [0.1, 0.15) is 36.7 Å². The number of hydrogen-bond acceptors (Lipinski definition) is 4. The summed E-state index contributed by atoms with van der Waals surface area (Å²) in [6.07, 6.45) is 1.34. The van der Waals surface area contributed by atoms with Gasteiger partial charge >= 0.3 is 0 Å². The molecule has 1 amide bonds. The number of carbonyl (C=O) groups excluding carboxylic acids is 1. The van der Waals surface area contributed by atoms with Crippen LogP contribution in [-0.2, 0) is 18.4 Å². The van der Waals surface area contributed by atoms with Gasteiger partial charge in [0.1, 0.15) is 0 Å². The lowest BCUT2D eigenvalue weighted by Crippen LogP contribution is -2.48. The van der Waals surface area contributed by atoms with Gasteiger partial charge in [-0.15, -0.1) is 0 Å². The maximum Gasteiger partial charge on any atom is 0.222 e. The normalized spacial score (nSPS) is 17.8. The molecular formula is C16H29N5O. The van der Waals surface area contributed by atoms with Crippen molar-refractivity contribution < 1.29 is 4.79 Å². The van der Waals surface area contributed by atoms with Gasteiger partial charge in [0.2, 0.25) is 5.91 Å². The molecule has 0 radical (unpaired) electrons. The Morgan fingerprint density at radius 2 is 1.91 bits per heavy atom. The second-order valence-corrected chi connectivity index (χ2v) is 6.45. The Balaban J connectivity index is 1.83. The van der Waals surface area contributed by atoms with E-state index in [4.69, 9.17) is 5.73 Å². The molecule has 0 aliphatic carbocycles. The van der Waals surface area contributed by atoms with E-state index in [9.17, 15) is 4.79 Å². The molecule has 1 aliphatic heterocycles. The molecule has 1 fully saturated rings. The Morgan fingerprint density at radius 1 is 1.27 bits per heavy atom. The summed E-state index contributed by atoms with van der Waals surface area (Å²) in [6.45, 7) is 10.5. The summed E-state index contributed by atoms with van der Waals surface area (Å²) in [5.74, 6) is 0.241. The van der Waals surface area contributed by atoms with Crippen molar-refractivity contribution in [1.29, 1.82) is 0 Å². The molecule has 1 saturated heterocycles. The number of carbonyl (C=O) groups is 1. The van der Waals surface area contributed by atoms with Crippen molar-refractivity contribution in [3.63, 3.8) is 0 Å². The minimum absolute atomic E-state index is 0.0989. The number of nitrogens with zero attached hydrogens (tertiary/aromatic N) is 4. The van der Waals surface area contributed by atoms with Crippen LogP contribution in [0.3, 0.4) is 0 Å². The molecule has 1 atom stereocenters. The number of aromatic nitrogens is 2. The molecule has 6 heteroatoms. The van der Waals surface area contributed by atoms with Crippen LogP contribution in [0.4, 0.5) is 0 Å². The molecule has 6 nitrogen and oxygen atoms in total. The molecule has 1 aromatic rings. The number of rotatable bonds is 5. The standard InChI is InChI=1S/C16H29N5O/c1-12(17)5-6-16(22)21-9-7-20(8-10-21)11-15-13(2)18-19(4)14(15)3/h12H,5-11,17H2,1-4H3. The summed E-state index contributed by atoms with van der Waals surface area (Å²) in [4.78, 5) is 16.5. The maximum absolute atomic E-state index is 12.1. The predicted octanol–water partition coefficient (Wildman–Crippen LogP) is 0.809. The average Bonchev–Trinajstić information content (AvgIpc) is 2.72. The van der Waals surface area contributed by atoms with Crippen LogP contribution in [0, 0.1) is 13.8 Å². The highest BCUT2D eigenvalue weighted by atomic mass is 16.2. The maximum atomic E-state index is 12.1. The van der Waals surface area contributed by atoms with E-state index >= 15 is 0 Å². The topological polar surface area (TPSA) is 67.4 Å². The van der Waals surface area contributed by atoms with Crippen molar-refractivity contribution in [2.75, 3.05) is 26.2 Å². The summed E-state index contributed by atoms with van der Waals surface area (Å²) in [5, 5.41) is 4.47. The lowest BCUT2D eigenvalue weighted by atomic mass is 10.1. The van der Waals surface area contributed by atoms with E-state index in [2.05, 4.69) is 23.8 Å². The first-order valence-electron chi connectivity index (χ1n) is 8.13. The SMILES string of the molecule is Cc1nn(C)c(C)c1CN1CCN(C(=O)CCC(C)N)CC1. The summed E-state index contributed by atoms with van der Waals surface area (Å²) in [5.41, 5.74) is 9.38. The van der Waals surface area contributed by atoms with Crippen molar-refractivity contribution in [2.24, 2.45) is 12.8 Å². The molecule has 0 bridgehead atoms. The van der Waals surface area contributed by atoms with E-state index in [0.29, 0.717) is 6.42 Å². The highest BCUT2D eigenvalue weighted by molar-refractivity contribution is 5.76. The number of nitrogens with two attached hydrogens (primary N) is 1. The molecule has 0 aromatic carbocycles. The first kappa shape index (κ1) is 17.0. The third-order valence-electron chi connectivity index (χ3n) is 4.58. The molecular weight excluding hydrogens is 278 g/mol. The quantitative estimate of drug-likeness (QED) is 0.874. The van der Waals surface area contributed by atoms with E-state index < -0.39 is 0 Å². The molecule has 124 valence electrons. The smallest absolute Gasteiger partial charge is 0.222 e. The first-order valence-corrected chi connectivity index (χ1v) is 8.13. The molecule has 0 spiro atoms. The Hall–Kier alpha value is -1.40. The zero-order valence-corrected chi connectivity index (χ0v) is 14.3. The van der Waals surface area contributed by atoms with Gasteiger partial charge in [0.25, 0.3) is 0 Å². The molecule has 0 saturated carbocycles. The third-order valence-corrected chi connectivity index (χ3v) is 4.58. The van der Waals surface area contributed by atoms with Gasteiger partial charge in [-0.1, -0.05) is 0 Å². The van der Waals surface area contributed by atoms with Crippen molar-refractivity contribution >= 4 is 5.91 Å². The Morgan fingerprint density at radius 3 is 2.41 bits per heavy atom. The lowest BCUT2D eigenvalue weighted by molar-refractivity contribution is -0.133. The van der Waals surface area contributed by atoms with Crippen molar-refractivity contribution in [2.45, 2.75) is 46.2 Å². The van der Waals surface area contributed by atoms with Crippen LogP contribution in [0.2, 0.25) is 0 Å². The largest absolute Gasteiger partial charge is 0.340 e. The fraction of sp³-hybridized carbons (Fsp3) is 0.750. The summed E-state index contributed by atoms with van der Waals surface area (Å²) < 4.78 is 1.94. The highest BCUT2D eigenvalue weighted by Gasteiger charge is 2.22. The minimum atomic E-state index is 0.0989. The van der Waals surface area contributed by atoms with Crippen molar-refractivity contribution in [1.82, 2.24) is 19.6 Å². The molecule has 2 rings (SSSR count). The van der Waals surface area contributed by atoms with Gasteiger partial charge in [0.15, 0.2) is 0 Å². The monoisotopic (exact) mass is 307 g/mol. The zero-order valence-electron chi connectivity index (χ0n) is 14.3. The van der Waals surface area contributed by atoms with Crippen LogP contribution in [0.5, 0.6) is 0 Å². The van der Waals surface area contributed by atoms with Gasteiger partial charge in [-0.2, -0.15) is 5.10 Å². The van der Waals surface area contributed by atoms with E-state index in [1.54, 1.807) is 0 Å². The minimum Gasteiger partial charge on any atom is -0.340 e. The Kier molecular flexibility index (Phi) is 5.58. The van der Waals surface area contributed by atoms with E-state index in [-0.39, 0.29) is 11.9 Å². The fourth-order valence-electron chi connectivity index (χ4n) is 2.93. The Labute approximate surface area is 133 Å². The van der Waals surface area contributed by atoms with Crippen LogP contribution in [0.15, 0.2) is 0 Å². The van der Waals surface area contributed by atoms with Crippen LogP contribution in [0.25, 0.3) is 0 Å². The van der Waals surface area contributed by atoms with Gasteiger partial charge in [0.05, 0.1) is 5.69 Å². The number of piperazine rings is 1. The van der Waals surface area contributed by atoms with Crippen LogP contribution < -0.4 is 5.73 Å². The van der Waals surface area contributed by atoms with Crippen molar-refractivity contribution in [3.05, 3.63) is 17.0 Å². The average molecular weight is 307 g/mol. The van der Waals surface area contributed by atoms with Gasteiger partial charge < -0.3 is 10.6 Å². The van der Waals surface area contributed by atoms with Gasteiger partial charge in [0, 0.05) is 63.5 Å². The molecule has 1 unspecified atom stereocenters. The molecule has 1 aliphatic rings. The summed E-state index contributed by atoms with van der Waals surface area (Å²) in [6, 6.07) is 0.0989. The summed E-state index contributed by atoms with van der Waals surface area (Å²) in [7, 11) is 1.99. The van der Waals surface area contributed by atoms with Crippen LogP contribution in [-0.4, -0.2) is 57.7 Å². The first-order chi connectivity index (χ1) is 10.4. The third kappa shape index (κ3) is 4.08. The highest BCUT2D eigenvalue weighted by Crippen LogP contribution is 2.16. The second kappa shape index (κ2) is 7.24. The van der Waals surface area contributed by atoms with Gasteiger partial charge in [-0.05, 0) is 27.2 Å². The van der Waals surface area contributed by atoms with Crippen LogP contribution >= 0.6 is 0 Å². The zero-order chi connectivity index (χ0) is 16.3. The lowest BCUT2D eigenvalue weighted by Gasteiger charge is -2.35. The number of amides is 1. The summed E-state index contributed by atoms with van der Waals surface area (Å²) >= 11 is 0. The van der Waals surface area contributed by atoms with Gasteiger partial charge in [-0.3, -0.25) is 14.4 Å². The van der Waals surface area contributed by atoms with E-state index in [0.717, 1.165) is 44.8 Å². The second-order valence-electron chi connectivity index (χ2n) is 6.45. The predicted molar refractivity (Wildman–Crippen MR) is 87.4 cm³/mol.